The molecule has 5 nitrogen and oxygen atoms in total. The van der Waals surface area contributed by atoms with Crippen molar-refractivity contribution < 1.29 is 19.4 Å². The standard InChI is InChI=1S/C8H8.C6H11NO2.C3H4O2/c1-2-8-6-4-3-5-7-8;1-3-6(8)7-5-9-4-2;1-2-3(4)5/h2-7H,1H2;3H,1,4-5H2,2H3,(H,7,8);2H,1H2,(H,4,5). The molecular formula is C17H23NO4. The van der Waals surface area contributed by atoms with Crippen molar-refractivity contribution >= 4 is 18.0 Å². The van der Waals surface area contributed by atoms with Gasteiger partial charge >= 0.3 is 5.97 Å². The third-order valence-electron chi connectivity index (χ3n) is 1.95. The minimum atomic E-state index is -0.981. The molecule has 0 heterocycles. The van der Waals surface area contributed by atoms with E-state index in [0.29, 0.717) is 6.61 Å². The second-order valence-corrected chi connectivity index (χ2v) is 3.54. The van der Waals surface area contributed by atoms with E-state index in [0.717, 1.165) is 6.08 Å². The Morgan fingerprint density at radius 1 is 1.18 bits per heavy atom. The van der Waals surface area contributed by atoms with Gasteiger partial charge in [-0.2, -0.15) is 0 Å². The number of amides is 1. The van der Waals surface area contributed by atoms with Crippen LogP contribution in [-0.2, 0) is 14.3 Å². The minimum absolute atomic E-state index is 0.205. The lowest BCUT2D eigenvalue weighted by Crippen LogP contribution is -2.23. The summed E-state index contributed by atoms with van der Waals surface area (Å²) in [7, 11) is 0. The molecule has 0 saturated carbocycles. The smallest absolute Gasteiger partial charge is 0.327 e. The SMILES string of the molecule is C=CC(=O)NCOCC.C=CC(=O)O.C=Cc1ccccc1. The quantitative estimate of drug-likeness (QED) is 0.481. The van der Waals surface area contributed by atoms with Crippen molar-refractivity contribution in [3.8, 4) is 0 Å². The molecule has 22 heavy (non-hydrogen) atoms. The van der Waals surface area contributed by atoms with Crippen LogP contribution in [0.1, 0.15) is 12.5 Å². The number of hydrogen-bond donors (Lipinski definition) is 2. The van der Waals surface area contributed by atoms with E-state index >= 15 is 0 Å². The minimum Gasteiger partial charge on any atom is -0.478 e. The predicted molar refractivity (Wildman–Crippen MR) is 89.2 cm³/mol. The first-order chi connectivity index (χ1) is 10.5. The summed E-state index contributed by atoms with van der Waals surface area (Å²) >= 11 is 0. The predicted octanol–water partition coefficient (Wildman–Crippen LogP) is 2.87. The van der Waals surface area contributed by atoms with Crippen LogP contribution in [0.2, 0.25) is 0 Å². The largest absolute Gasteiger partial charge is 0.478 e. The highest BCUT2D eigenvalue weighted by molar-refractivity contribution is 5.86. The summed E-state index contributed by atoms with van der Waals surface area (Å²) in [6, 6.07) is 10.0. The van der Waals surface area contributed by atoms with E-state index < -0.39 is 5.97 Å². The van der Waals surface area contributed by atoms with E-state index in [2.05, 4.69) is 25.1 Å². The van der Waals surface area contributed by atoms with E-state index in [4.69, 9.17) is 9.84 Å². The van der Waals surface area contributed by atoms with Crippen LogP contribution in [0, 0.1) is 0 Å². The summed E-state index contributed by atoms with van der Waals surface area (Å²) in [5, 5.41) is 10.1. The van der Waals surface area contributed by atoms with E-state index in [-0.39, 0.29) is 12.6 Å². The first-order valence-electron chi connectivity index (χ1n) is 6.52. The first kappa shape index (κ1) is 21.6. The van der Waals surface area contributed by atoms with Crippen molar-refractivity contribution in [2.24, 2.45) is 0 Å². The molecule has 2 N–H and O–H groups in total. The maximum absolute atomic E-state index is 10.4. The van der Waals surface area contributed by atoms with Gasteiger partial charge in [-0.3, -0.25) is 4.79 Å². The number of hydrogen-bond acceptors (Lipinski definition) is 3. The summed E-state index contributed by atoms with van der Waals surface area (Å²) in [6.45, 7) is 12.6. The van der Waals surface area contributed by atoms with Gasteiger partial charge in [0.1, 0.15) is 6.73 Å². The monoisotopic (exact) mass is 305 g/mol. The Kier molecular flexibility index (Phi) is 16.1. The van der Waals surface area contributed by atoms with Gasteiger partial charge in [-0.05, 0) is 18.6 Å². The lowest BCUT2D eigenvalue weighted by atomic mass is 10.2. The molecule has 0 aliphatic carbocycles. The lowest BCUT2D eigenvalue weighted by Gasteiger charge is -1.99. The zero-order valence-electron chi connectivity index (χ0n) is 12.8. The molecule has 1 amide bonds. The molecule has 1 rings (SSSR count). The van der Waals surface area contributed by atoms with E-state index in [9.17, 15) is 9.59 Å². The molecule has 0 spiro atoms. The first-order valence-corrected chi connectivity index (χ1v) is 6.52. The number of carboxylic acids is 1. The molecule has 0 bridgehead atoms. The van der Waals surface area contributed by atoms with E-state index in [1.54, 1.807) is 0 Å². The summed E-state index contributed by atoms with van der Waals surface area (Å²) in [6.07, 6.45) is 3.87. The Balaban J connectivity index is 0. The third-order valence-corrected chi connectivity index (χ3v) is 1.95. The summed E-state index contributed by atoms with van der Waals surface area (Å²) < 4.78 is 4.83. The van der Waals surface area contributed by atoms with Crippen LogP contribution in [0.3, 0.4) is 0 Å². The Hall–Kier alpha value is -2.66. The second-order valence-electron chi connectivity index (χ2n) is 3.54. The van der Waals surface area contributed by atoms with Crippen LogP contribution in [-0.4, -0.2) is 30.3 Å². The van der Waals surface area contributed by atoms with E-state index in [1.165, 1.54) is 11.6 Å². The number of aliphatic carboxylic acids is 1. The fraction of sp³-hybridized carbons (Fsp3) is 0.176. The Labute approximate surface area is 131 Å². The fourth-order valence-corrected chi connectivity index (χ4v) is 0.886. The van der Waals surface area contributed by atoms with Crippen LogP contribution >= 0.6 is 0 Å². The van der Waals surface area contributed by atoms with Gasteiger partial charge in [0.2, 0.25) is 5.91 Å². The number of ether oxygens (including phenoxy) is 1. The molecule has 0 atom stereocenters. The maximum Gasteiger partial charge on any atom is 0.327 e. The van der Waals surface area contributed by atoms with Crippen LogP contribution < -0.4 is 5.32 Å². The van der Waals surface area contributed by atoms with Crippen molar-refractivity contribution in [2.45, 2.75) is 6.92 Å². The second kappa shape index (κ2) is 16.4. The number of carbonyl (C=O) groups is 2. The zero-order chi connectivity index (χ0) is 17.2. The number of carboxylic acid groups (broad SMARTS) is 1. The summed E-state index contributed by atoms with van der Waals surface area (Å²) in [5.74, 6) is -1.19. The zero-order valence-corrected chi connectivity index (χ0v) is 12.8. The number of rotatable bonds is 6. The van der Waals surface area contributed by atoms with Crippen molar-refractivity contribution in [3.05, 3.63) is 67.8 Å². The average Bonchev–Trinajstić information content (AvgIpc) is 2.56. The highest BCUT2D eigenvalue weighted by Gasteiger charge is 1.88. The highest BCUT2D eigenvalue weighted by Crippen LogP contribution is 1.97. The van der Waals surface area contributed by atoms with Gasteiger partial charge in [-0.15, -0.1) is 0 Å². The Morgan fingerprint density at radius 2 is 1.73 bits per heavy atom. The number of nitrogens with one attached hydrogen (secondary N) is 1. The number of benzene rings is 1. The lowest BCUT2D eigenvalue weighted by molar-refractivity contribution is -0.131. The molecule has 0 saturated heterocycles. The summed E-state index contributed by atoms with van der Waals surface area (Å²) in [4.78, 5) is 19.6. The van der Waals surface area contributed by atoms with Crippen LogP contribution in [0.4, 0.5) is 0 Å². The third kappa shape index (κ3) is 17.3. The Bertz CT molecular complexity index is 455. The average molecular weight is 305 g/mol. The topological polar surface area (TPSA) is 75.6 Å². The van der Waals surface area contributed by atoms with Crippen LogP contribution in [0.5, 0.6) is 0 Å². The molecule has 0 fully saturated rings. The van der Waals surface area contributed by atoms with Crippen molar-refractivity contribution in [3.63, 3.8) is 0 Å². The maximum atomic E-state index is 10.4. The number of carbonyl (C=O) groups excluding carboxylic acids is 1. The molecule has 0 aliphatic heterocycles. The molecule has 1 aromatic carbocycles. The molecular weight excluding hydrogens is 282 g/mol. The molecule has 0 aromatic heterocycles. The highest BCUT2D eigenvalue weighted by atomic mass is 16.5. The van der Waals surface area contributed by atoms with Gasteiger partial charge in [0.05, 0.1) is 0 Å². The summed E-state index contributed by atoms with van der Waals surface area (Å²) in [5.41, 5.74) is 1.17. The van der Waals surface area contributed by atoms with Gasteiger partial charge < -0.3 is 15.2 Å². The molecule has 0 aliphatic rings. The van der Waals surface area contributed by atoms with Crippen molar-refractivity contribution in [1.82, 2.24) is 5.32 Å². The fourth-order valence-electron chi connectivity index (χ4n) is 0.886. The molecule has 120 valence electrons. The van der Waals surface area contributed by atoms with Gasteiger partial charge in [0.25, 0.3) is 0 Å². The van der Waals surface area contributed by atoms with Crippen LogP contribution in [0.15, 0.2) is 62.2 Å². The van der Waals surface area contributed by atoms with Gasteiger partial charge in [-0.1, -0.05) is 56.1 Å². The molecule has 1 aromatic rings. The molecule has 0 unspecified atom stereocenters. The van der Waals surface area contributed by atoms with Gasteiger partial charge in [0.15, 0.2) is 0 Å². The molecule has 5 heteroatoms. The normalized spacial score (nSPS) is 8.05. The Morgan fingerprint density at radius 3 is 2.05 bits per heavy atom. The molecule has 0 radical (unpaired) electrons. The van der Waals surface area contributed by atoms with Gasteiger partial charge in [0, 0.05) is 12.7 Å². The van der Waals surface area contributed by atoms with Crippen LogP contribution in [0.25, 0.3) is 6.08 Å². The van der Waals surface area contributed by atoms with E-state index in [1.807, 2.05) is 43.3 Å². The van der Waals surface area contributed by atoms with Crippen molar-refractivity contribution in [2.75, 3.05) is 13.3 Å². The van der Waals surface area contributed by atoms with Gasteiger partial charge in [-0.25, -0.2) is 4.79 Å². The van der Waals surface area contributed by atoms with Crippen molar-refractivity contribution in [1.29, 1.82) is 0 Å².